The minimum absolute atomic E-state index is 0.0597. The Labute approximate surface area is 599 Å². The Morgan fingerprint density at radius 2 is 0.922 bits per heavy atom. The molecule has 1 atom stereocenters. The summed E-state index contributed by atoms with van der Waals surface area (Å²) in [5.41, 5.74) is 1.53. The number of anilines is 1. The number of rotatable bonds is 32. The zero-order chi connectivity index (χ0) is 75.6. The number of amides is 4. The molecule has 0 saturated heterocycles. The number of aliphatic carboxylic acids is 1. The van der Waals surface area contributed by atoms with E-state index >= 15 is 0 Å². The number of fused-ring (bicyclic) bond motifs is 6. The largest absolute Gasteiger partial charge is 0.481 e. The molecule has 7 aromatic rings. The summed E-state index contributed by atoms with van der Waals surface area (Å²) in [6.07, 6.45) is 4.53. The highest BCUT2D eigenvalue weighted by molar-refractivity contribution is 7.87. The van der Waals surface area contributed by atoms with Crippen LogP contribution in [0.25, 0.3) is 42.4 Å². The molecule has 103 heavy (non-hydrogen) atoms. The third-order valence-corrected chi connectivity index (χ3v) is 23.3. The average molecular weight is 1580 g/mol. The number of nitrogens with zero attached hydrogens (tertiary/aromatic N) is 4. The highest BCUT2D eigenvalue weighted by Crippen LogP contribution is 2.55. The Morgan fingerprint density at radius 1 is 0.524 bits per heavy atom. The van der Waals surface area contributed by atoms with Gasteiger partial charge in [0.1, 0.15) is 29.3 Å². The minimum Gasteiger partial charge on any atom is -0.481 e. The number of hydrogen-bond acceptors (Lipinski definition) is 22. The molecule has 0 spiro atoms. The van der Waals surface area contributed by atoms with Crippen molar-refractivity contribution >= 4 is 150 Å². The van der Waals surface area contributed by atoms with Gasteiger partial charge in [-0.05, 0) is 113 Å². The predicted molar refractivity (Wildman–Crippen MR) is 383 cm³/mol. The number of thiophene rings is 2. The van der Waals surface area contributed by atoms with Gasteiger partial charge in [-0.1, -0.05) is 44.2 Å². The number of allylic oxidation sites excluding steroid dienone is 4. The molecule has 32 nitrogen and oxygen atoms in total. The zero-order valence-electron chi connectivity index (χ0n) is 54.8. The Morgan fingerprint density at radius 3 is 1.35 bits per heavy atom. The van der Waals surface area contributed by atoms with Gasteiger partial charge in [0.05, 0.1) is 57.4 Å². The SMILES string of the molecule is CC1(CCCS(=O)(=O)O)C(/C=C/C=C2/N(Cc3ccc(CC(=O)O)cc3)c3c(cc(-c4cc(C(=O)NCCS(=O)(=O)O)nc(C(=O)NCCS(=O)(=O)O)c4)c4sccc34)C2(C)C)=[N+](CCCS(=O)(=O)O)c2c1cc(-c1cc(C(=O)NCCS(=O)(=O)O)nc(C(=O)NCCS(=O)(=O)O)c1)c1sccc21. The average Bonchev–Trinajstić information content (AvgIpc) is 1.56. The lowest BCUT2D eigenvalue weighted by molar-refractivity contribution is -0.435. The maximum Gasteiger partial charge on any atom is 0.307 e. The molecule has 9 rings (SSSR count). The number of benzene rings is 3. The number of carboxylic acid groups (broad SMARTS) is 1. The monoisotopic (exact) mass is 1580 g/mol. The first kappa shape index (κ1) is 78.8. The summed E-state index contributed by atoms with van der Waals surface area (Å²) in [5, 5.41) is 23.6. The van der Waals surface area contributed by atoms with E-state index in [-0.39, 0.29) is 49.9 Å². The smallest absolute Gasteiger partial charge is 0.307 e. The molecule has 0 saturated carbocycles. The van der Waals surface area contributed by atoms with Crippen LogP contribution < -0.4 is 26.2 Å². The summed E-state index contributed by atoms with van der Waals surface area (Å²) in [7, 11) is -27.5. The molecule has 1 unspecified atom stereocenters. The Bertz CT molecular complexity index is 5290. The van der Waals surface area contributed by atoms with Crippen molar-refractivity contribution in [2.45, 2.75) is 63.8 Å². The van der Waals surface area contributed by atoms with E-state index in [4.69, 9.17) is 0 Å². The summed E-state index contributed by atoms with van der Waals surface area (Å²) in [5.74, 6) is -10.1. The molecular formula is C63H69N8O24S8+. The highest BCUT2D eigenvalue weighted by Gasteiger charge is 2.50. The second kappa shape index (κ2) is 30.8. The lowest BCUT2D eigenvalue weighted by Gasteiger charge is -2.27. The van der Waals surface area contributed by atoms with E-state index in [1.165, 1.54) is 46.9 Å². The number of nitrogens with one attached hydrogen (secondary N) is 4. The molecule has 0 bridgehead atoms. The maximum absolute atomic E-state index is 13.8. The summed E-state index contributed by atoms with van der Waals surface area (Å²) in [6, 6.07) is 19.3. The fourth-order valence-electron chi connectivity index (χ4n) is 12.3. The van der Waals surface area contributed by atoms with Crippen LogP contribution in [0.4, 0.5) is 11.4 Å². The number of carbonyl (C=O) groups excluding carboxylic acids is 4. The van der Waals surface area contributed by atoms with Crippen molar-refractivity contribution in [1.29, 1.82) is 0 Å². The summed E-state index contributed by atoms with van der Waals surface area (Å²) >= 11 is 2.47. The van der Waals surface area contributed by atoms with Gasteiger partial charge in [-0.25, -0.2) is 9.97 Å². The van der Waals surface area contributed by atoms with Crippen LogP contribution in [-0.4, -0.2) is 200 Å². The second-order valence-corrected chi connectivity index (χ2v) is 36.1. The third kappa shape index (κ3) is 19.9. The van der Waals surface area contributed by atoms with Crippen molar-refractivity contribution in [3.63, 3.8) is 0 Å². The molecule has 0 radical (unpaired) electrons. The minimum atomic E-state index is -4.62. The Kier molecular flexibility index (Phi) is 23.5. The number of carbonyl (C=O) groups is 5. The van der Waals surface area contributed by atoms with E-state index in [9.17, 15) is 107 Å². The van der Waals surface area contributed by atoms with Crippen LogP contribution in [0.15, 0.2) is 107 Å². The van der Waals surface area contributed by atoms with E-state index in [1.54, 1.807) is 66.2 Å². The molecule has 552 valence electrons. The molecule has 4 aromatic heterocycles. The molecule has 2 aliphatic rings. The van der Waals surface area contributed by atoms with Gasteiger partial charge in [0, 0.05) is 87.8 Å². The Hall–Kier alpha value is -8.36. The van der Waals surface area contributed by atoms with E-state index in [0.717, 1.165) is 0 Å². The van der Waals surface area contributed by atoms with Gasteiger partial charge in [-0.3, -0.25) is 51.3 Å². The van der Waals surface area contributed by atoms with Crippen molar-refractivity contribution in [2.75, 3.05) is 72.1 Å². The van der Waals surface area contributed by atoms with Gasteiger partial charge in [0.25, 0.3) is 84.3 Å². The van der Waals surface area contributed by atoms with Gasteiger partial charge in [-0.15, -0.1) is 22.7 Å². The molecular weight excluding hydrogens is 1510 g/mol. The molecule has 11 N–H and O–H groups in total. The fourth-order valence-corrected chi connectivity index (χ4v) is 16.6. The predicted octanol–water partition coefficient (Wildman–Crippen LogP) is 5.08. The van der Waals surface area contributed by atoms with Crippen molar-refractivity contribution in [2.24, 2.45) is 0 Å². The quantitative estimate of drug-likeness (QED) is 0.0193. The van der Waals surface area contributed by atoms with Crippen molar-refractivity contribution < 1.29 is 111 Å². The Balaban J connectivity index is 1.24. The van der Waals surface area contributed by atoms with Gasteiger partial charge in [0.2, 0.25) is 5.69 Å². The van der Waals surface area contributed by atoms with Crippen LogP contribution in [0.5, 0.6) is 0 Å². The molecule has 0 fully saturated rings. The standard InChI is InChI=1S/C63H68N8O24S8/c1-62(2)45-34-43(39-30-47(58(74)64-16-25-100(84,85)86)68-48(31-39)59(75)65-17-26-101(87,88)89)56-41(13-21-96-56)54(45)71(36-38-11-9-37(10-12-38)29-53(72)73)51(62)7-4-8-52-63(3,15-5-23-98(78,79)80)46-35-44(57-42(14-22-97-57)55(46)70(52)20-6-24-99(81,82)83)40-32-49(60(76)66-18-27-102(90,91)92)69-50(33-40)61(77)67-19-28-103(93,94)95/h4,7-14,21-22,30-35H,5-6,15-20,23-29,36H2,1-3H3,(H10-,64,65,66,67,72,73,74,75,76,77,78,79,80,81,82,83,84,85,86,87,88,89,90,91,92,93,94,95)/p+1. The van der Waals surface area contributed by atoms with Crippen molar-refractivity contribution in [3.05, 3.63) is 153 Å². The molecule has 3 aromatic carbocycles. The number of hydrogen-bond donors (Lipinski definition) is 11. The molecule has 40 heteroatoms. The number of carboxylic acids is 1. The van der Waals surface area contributed by atoms with Crippen LogP contribution in [0.3, 0.4) is 0 Å². The maximum atomic E-state index is 13.8. The first-order valence-electron chi connectivity index (χ1n) is 31.0. The summed E-state index contributed by atoms with van der Waals surface area (Å²) in [4.78, 5) is 77.4. The molecule has 6 heterocycles. The normalized spacial score (nSPS) is 16.0. The van der Waals surface area contributed by atoms with Crippen LogP contribution in [0, 0.1) is 0 Å². The third-order valence-electron chi connectivity index (χ3n) is 16.9. The van der Waals surface area contributed by atoms with E-state index in [0.29, 0.717) is 76.3 Å². The van der Waals surface area contributed by atoms with Crippen molar-refractivity contribution in [3.8, 4) is 22.3 Å². The number of aromatic nitrogens is 2. The van der Waals surface area contributed by atoms with Gasteiger partial charge in [-0.2, -0.15) is 55.1 Å². The fraction of sp³-hybridized carbons (Fsp3) is 0.333. The van der Waals surface area contributed by atoms with Crippen LogP contribution in [0.1, 0.15) is 104 Å². The molecule has 4 amide bonds. The number of pyridine rings is 2. The summed E-state index contributed by atoms with van der Waals surface area (Å²) in [6.45, 7) is 3.25. The first-order chi connectivity index (χ1) is 47.9. The molecule has 2 aliphatic heterocycles. The van der Waals surface area contributed by atoms with E-state index in [2.05, 4.69) is 31.2 Å². The zero-order valence-corrected chi connectivity index (χ0v) is 61.3. The van der Waals surface area contributed by atoms with Gasteiger partial charge in [0.15, 0.2) is 5.71 Å². The van der Waals surface area contributed by atoms with Crippen LogP contribution in [-0.2, 0) is 89.3 Å². The van der Waals surface area contributed by atoms with E-state index < -0.39 is 185 Å². The van der Waals surface area contributed by atoms with Crippen LogP contribution >= 0.6 is 22.7 Å². The lowest BCUT2D eigenvalue weighted by Crippen LogP contribution is -2.32. The molecule has 0 aliphatic carbocycles. The lowest BCUT2D eigenvalue weighted by atomic mass is 9.74. The van der Waals surface area contributed by atoms with Crippen LogP contribution in [0.2, 0.25) is 0 Å². The van der Waals surface area contributed by atoms with E-state index in [1.807, 2.05) is 41.5 Å². The van der Waals surface area contributed by atoms with Gasteiger partial charge < -0.3 is 31.3 Å². The topological polar surface area (TPSA) is 512 Å². The first-order valence-corrected chi connectivity index (χ1v) is 42.4. The van der Waals surface area contributed by atoms with Crippen molar-refractivity contribution in [1.82, 2.24) is 31.2 Å². The second-order valence-electron chi connectivity index (χ2n) is 24.8. The summed E-state index contributed by atoms with van der Waals surface area (Å²) < 4.78 is 204. The van der Waals surface area contributed by atoms with Gasteiger partial charge >= 0.3 is 5.97 Å². The highest BCUT2D eigenvalue weighted by atomic mass is 32.2.